The van der Waals surface area contributed by atoms with E-state index in [2.05, 4.69) is 5.32 Å². The van der Waals surface area contributed by atoms with E-state index in [4.69, 9.17) is 5.73 Å². The van der Waals surface area contributed by atoms with E-state index in [0.29, 0.717) is 11.3 Å². The summed E-state index contributed by atoms with van der Waals surface area (Å²) in [7, 11) is 0. The highest BCUT2D eigenvalue weighted by Gasteiger charge is 2.23. The number of carbonyl (C=O) groups is 2. The summed E-state index contributed by atoms with van der Waals surface area (Å²) < 4.78 is 0. The van der Waals surface area contributed by atoms with Crippen LogP contribution in [0.3, 0.4) is 0 Å². The molecule has 1 fully saturated rings. The van der Waals surface area contributed by atoms with Crippen molar-refractivity contribution in [2.75, 3.05) is 5.32 Å². The van der Waals surface area contributed by atoms with Gasteiger partial charge < -0.3 is 11.1 Å². The standard InChI is InChI=1S/C13H16N2O2/c14-12(16)10-7-3-4-8-11(10)15-13(17)9-5-1-2-6-9/h3-4,7-9H,1-2,5-6H2,(H2,14,16)(H,15,17). The fourth-order valence-corrected chi connectivity index (χ4v) is 2.23. The highest BCUT2D eigenvalue weighted by atomic mass is 16.2. The molecule has 1 aliphatic carbocycles. The van der Waals surface area contributed by atoms with Crippen LogP contribution in [0.4, 0.5) is 5.69 Å². The van der Waals surface area contributed by atoms with Gasteiger partial charge in [-0.25, -0.2) is 0 Å². The molecule has 2 amide bonds. The molecule has 4 heteroatoms. The zero-order valence-corrected chi connectivity index (χ0v) is 9.61. The van der Waals surface area contributed by atoms with Crippen LogP contribution >= 0.6 is 0 Å². The van der Waals surface area contributed by atoms with Crippen LogP contribution in [0.5, 0.6) is 0 Å². The fraction of sp³-hybridized carbons (Fsp3) is 0.385. The molecular formula is C13H16N2O2. The van der Waals surface area contributed by atoms with Gasteiger partial charge in [-0.15, -0.1) is 0 Å². The maximum atomic E-state index is 11.9. The molecule has 0 heterocycles. The molecule has 0 radical (unpaired) electrons. The van der Waals surface area contributed by atoms with E-state index in [0.717, 1.165) is 25.7 Å². The van der Waals surface area contributed by atoms with E-state index in [-0.39, 0.29) is 11.8 Å². The number of carbonyl (C=O) groups excluding carboxylic acids is 2. The molecule has 0 aliphatic heterocycles. The molecule has 0 aromatic heterocycles. The van der Waals surface area contributed by atoms with E-state index >= 15 is 0 Å². The van der Waals surface area contributed by atoms with Gasteiger partial charge in [0.15, 0.2) is 0 Å². The molecule has 0 bridgehead atoms. The summed E-state index contributed by atoms with van der Waals surface area (Å²) in [5.41, 5.74) is 6.12. The summed E-state index contributed by atoms with van der Waals surface area (Å²) in [5.74, 6) is -0.445. The van der Waals surface area contributed by atoms with Gasteiger partial charge in [0, 0.05) is 5.92 Å². The van der Waals surface area contributed by atoms with Gasteiger partial charge in [-0.05, 0) is 25.0 Å². The van der Waals surface area contributed by atoms with Crippen LogP contribution in [0, 0.1) is 5.92 Å². The van der Waals surface area contributed by atoms with Gasteiger partial charge in [0.1, 0.15) is 0 Å². The van der Waals surface area contributed by atoms with Gasteiger partial charge in [-0.2, -0.15) is 0 Å². The smallest absolute Gasteiger partial charge is 0.250 e. The van der Waals surface area contributed by atoms with Crippen LogP contribution in [0.1, 0.15) is 36.0 Å². The SMILES string of the molecule is NC(=O)c1ccccc1NC(=O)C1CCCC1. The van der Waals surface area contributed by atoms with E-state index < -0.39 is 5.91 Å². The second kappa shape index (κ2) is 4.99. The van der Waals surface area contributed by atoms with Crippen molar-refractivity contribution in [3.63, 3.8) is 0 Å². The zero-order chi connectivity index (χ0) is 12.3. The molecule has 17 heavy (non-hydrogen) atoms. The number of rotatable bonds is 3. The maximum Gasteiger partial charge on any atom is 0.250 e. The van der Waals surface area contributed by atoms with Gasteiger partial charge in [-0.3, -0.25) is 9.59 Å². The summed E-state index contributed by atoms with van der Waals surface area (Å²) in [5, 5.41) is 2.79. The van der Waals surface area contributed by atoms with Crippen molar-refractivity contribution in [1.29, 1.82) is 0 Å². The number of hydrogen-bond acceptors (Lipinski definition) is 2. The first kappa shape index (κ1) is 11.6. The molecular weight excluding hydrogens is 216 g/mol. The first-order valence-electron chi connectivity index (χ1n) is 5.88. The molecule has 1 aromatic rings. The third kappa shape index (κ3) is 2.64. The van der Waals surface area contributed by atoms with E-state index in [1.165, 1.54) is 0 Å². The van der Waals surface area contributed by atoms with Crippen molar-refractivity contribution in [2.24, 2.45) is 11.7 Å². The summed E-state index contributed by atoms with van der Waals surface area (Å²) in [6.07, 6.45) is 4.08. The minimum atomic E-state index is -0.521. The summed E-state index contributed by atoms with van der Waals surface area (Å²) >= 11 is 0. The van der Waals surface area contributed by atoms with Gasteiger partial charge >= 0.3 is 0 Å². The average molecular weight is 232 g/mol. The average Bonchev–Trinajstić information content (AvgIpc) is 2.83. The Labute approximate surface area is 100 Å². The first-order valence-corrected chi connectivity index (χ1v) is 5.88. The summed E-state index contributed by atoms with van der Waals surface area (Å²) in [6, 6.07) is 6.82. The van der Waals surface area contributed by atoms with Crippen LogP contribution in [0.15, 0.2) is 24.3 Å². The highest BCUT2D eigenvalue weighted by molar-refractivity contribution is 6.03. The van der Waals surface area contributed by atoms with Crippen molar-refractivity contribution in [1.82, 2.24) is 0 Å². The second-order valence-corrected chi connectivity index (χ2v) is 4.38. The second-order valence-electron chi connectivity index (χ2n) is 4.38. The van der Waals surface area contributed by atoms with Crippen molar-refractivity contribution < 1.29 is 9.59 Å². The van der Waals surface area contributed by atoms with Crippen LogP contribution < -0.4 is 11.1 Å². The Bertz CT molecular complexity index is 437. The van der Waals surface area contributed by atoms with Crippen molar-refractivity contribution in [3.05, 3.63) is 29.8 Å². The highest BCUT2D eigenvalue weighted by Crippen LogP contribution is 2.26. The fourth-order valence-electron chi connectivity index (χ4n) is 2.23. The lowest BCUT2D eigenvalue weighted by Gasteiger charge is -2.12. The van der Waals surface area contributed by atoms with Crippen molar-refractivity contribution in [3.8, 4) is 0 Å². The molecule has 0 atom stereocenters. The molecule has 1 aromatic carbocycles. The number of primary amides is 1. The normalized spacial score (nSPS) is 15.8. The number of benzene rings is 1. The Morgan fingerprint density at radius 2 is 1.82 bits per heavy atom. The molecule has 90 valence electrons. The van der Waals surface area contributed by atoms with Crippen molar-refractivity contribution >= 4 is 17.5 Å². The molecule has 1 saturated carbocycles. The summed E-state index contributed by atoms with van der Waals surface area (Å²) in [6.45, 7) is 0. The maximum absolute atomic E-state index is 11.9. The quantitative estimate of drug-likeness (QED) is 0.835. The monoisotopic (exact) mass is 232 g/mol. The lowest BCUT2D eigenvalue weighted by molar-refractivity contribution is -0.119. The zero-order valence-electron chi connectivity index (χ0n) is 9.61. The van der Waals surface area contributed by atoms with E-state index in [1.807, 2.05) is 0 Å². The lowest BCUT2D eigenvalue weighted by atomic mass is 10.1. The summed E-state index contributed by atoms with van der Waals surface area (Å²) in [4.78, 5) is 23.1. The predicted octanol–water partition coefficient (Wildman–Crippen LogP) is 1.91. The van der Waals surface area contributed by atoms with Gasteiger partial charge in [-0.1, -0.05) is 25.0 Å². The first-order chi connectivity index (χ1) is 8.18. The number of nitrogens with two attached hydrogens (primary N) is 1. The topological polar surface area (TPSA) is 72.2 Å². The molecule has 2 rings (SSSR count). The van der Waals surface area contributed by atoms with Gasteiger partial charge in [0.25, 0.3) is 5.91 Å². The molecule has 1 aliphatic rings. The largest absolute Gasteiger partial charge is 0.366 e. The van der Waals surface area contributed by atoms with Gasteiger partial charge in [0.2, 0.25) is 5.91 Å². The number of para-hydroxylation sites is 1. The van der Waals surface area contributed by atoms with Crippen LogP contribution in [-0.4, -0.2) is 11.8 Å². The third-order valence-corrected chi connectivity index (χ3v) is 3.18. The number of hydrogen-bond donors (Lipinski definition) is 2. The lowest BCUT2D eigenvalue weighted by Crippen LogP contribution is -2.23. The van der Waals surface area contributed by atoms with E-state index in [9.17, 15) is 9.59 Å². The Hall–Kier alpha value is -1.84. The minimum Gasteiger partial charge on any atom is -0.366 e. The molecule has 3 N–H and O–H groups in total. The Kier molecular flexibility index (Phi) is 3.42. The Morgan fingerprint density at radius 1 is 1.18 bits per heavy atom. The number of amides is 2. The molecule has 0 unspecified atom stereocenters. The molecule has 0 spiro atoms. The predicted molar refractivity (Wildman–Crippen MR) is 65.5 cm³/mol. The Balaban J connectivity index is 2.12. The number of nitrogens with one attached hydrogen (secondary N) is 1. The van der Waals surface area contributed by atoms with Gasteiger partial charge in [0.05, 0.1) is 11.3 Å². The van der Waals surface area contributed by atoms with Crippen LogP contribution in [0.25, 0.3) is 0 Å². The third-order valence-electron chi connectivity index (χ3n) is 3.18. The minimum absolute atomic E-state index is 0.00352. The van der Waals surface area contributed by atoms with E-state index in [1.54, 1.807) is 24.3 Å². The van der Waals surface area contributed by atoms with Crippen molar-refractivity contribution in [2.45, 2.75) is 25.7 Å². The molecule has 0 saturated heterocycles. The van der Waals surface area contributed by atoms with Crippen LogP contribution in [-0.2, 0) is 4.79 Å². The number of anilines is 1. The Morgan fingerprint density at radius 3 is 2.47 bits per heavy atom. The van der Waals surface area contributed by atoms with Crippen LogP contribution in [0.2, 0.25) is 0 Å². The molecule has 4 nitrogen and oxygen atoms in total.